The van der Waals surface area contributed by atoms with Gasteiger partial charge in [0.25, 0.3) is 0 Å². The average Bonchev–Trinajstić information content (AvgIpc) is 2.34. The molecule has 2 rings (SSSR count). The first-order chi connectivity index (χ1) is 8.61. The first-order valence-electron chi connectivity index (χ1n) is 5.12. The molecule has 1 aromatic heterocycles. The maximum Gasteiger partial charge on any atom is 0.202 e. The molecule has 1 aromatic carbocycles. The molecule has 0 saturated carbocycles. The molecule has 0 saturated heterocycles. The van der Waals surface area contributed by atoms with Crippen LogP contribution in [0.4, 0.5) is 0 Å². The number of benzene rings is 1. The Morgan fingerprint density at radius 2 is 1.56 bits per heavy atom. The predicted molar refractivity (Wildman–Crippen MR) is 69.9 cm³/mol. The maximum absolute atomic E-state index is 5.98. The van der Waals surface area contributed by atoms with Crippen molar-refractivity contribution >= 4 is 23.2 Å². The van der Waals surface area contributed by atoms with Crippen molar-refractivity contribution in [1.29, 1.82) is 0 Å². The molecule has 0 amide bonds. The van der Waals surface area contributed by atoms with Crippen molar-refractivity contribution in [1.82, 2.24) is 9.97 Å². The summed E-state index contributed by atoms with van der Waals surface area (Å²) in [4.78, 5) is 7.98. The van der Waals surface area contributed by atoms with E-state index < -0.39 is 0 Å². The van der Waals surface area contributed by atoms with Crippen molar-refractivity contribution in [2.24, 2.45) is 0 Å². The van der Waals surface area contributed by atoms with Crippen molar-refractivity contribution in [2.75, 3.05) is 7.11 Å². The first-order valence-corrected chi connectivity index (χ1v) is 5.88. The maximum atomic E-state index is 5.98. The summed E-state index contributed by atoms with van der Waals surface area (Å²) in [7, 11) is 1.55. The van der Waals surface area contributed by atoms with Gasteiger partial charge in [0, 0.05) is 0 Å². The summed E-state index contributed by atoms with van der Waals surface area (Å²) in [5, 5.41) is 0.330. The van der Waals surface area contributed by atoms with E-state index in [4.69, 9.17) is 32.7 Å². The number of nitrogens with zero attached hydrogens (tertiary/aromatic N) is 2. The van der Waals surface area contributed by atoms with Crippen molar-refractivity contribution in [2.45, 2.75) is 6.92 Å². The Balaban J connectivity index is 2.40. The van der Waals surface area contributed by atoms with Crippen molar-refractivity contribution in [3.05, 3.63) is 40.4 Å². The number of rotatable bonds is 3. The van der Waals surface area contributed by atoms with Crippen LogP contribution in [0.1, 0.15) is 5.82 Å². The van der Waals surface area contributed by atoms with Gasteiger partial charge in [-0.3, -0.25) is 0 Å². The number of aromatic nitrogens is 2. The fourth-order valence-electron chi connectivity index (χ4n) is 1.39. The molecule has 0 aliphatic heterocycles. The Morgan fingerprint density at radius 1 is 1.00 bits per heavy atom. The Labute approximate surface area is 114 Å². The topological polar surface area (TPSA) is 44.2 Å². The van der Waals surface area contributed by atoms with Gasteiger partial charge < -0.3 is 9.47 Å². The average molecular weight is 285 g/mol. The molecule has 0 bridgehead atoms. The number of aryl methyl sites for hydroxylation is 1. The van der Waals surface area contributed by atoms with E-state index in [9.17, 15) is 0 Å². The van der Waals surface area contributed by atoms with E-state index in [-0.39, 0.29) is 16.1 Å². The van der Waals surface area contributed by atoms with Crippen LogP contribution >= 0.6 is 23.2 Å². The van der Waals surface area contributed by atoms with E-state index in [1.54, 1.807) is 26.2 Å². The number of hydrogen-bond acceptors (Lipinski definition) is 4. The van der Waals surface area contributed by atoms with Crippen LogP contribution < -0.4 is 9.47 Å². The lowest BCUT2D eigenvalue weighted by Crippen LogP contribution is -1.96. The lowest BCUT2D eigenvalue weighted by molar-refractivity contribution is 0.378. The van der Waals surface area contributed by atoms with E-state index in [1.165, 1.54) is 0 Å². The molecule has 0 spiro atoms. The Morgan fingerprint density at radius 3 is 2.11 bits per heavy atom. The van der Waals surface area contributed by atoms with Crippen LogP contribution in [0.5, 0.6) is 17.2 Å². The van der Waals surface area contributed by atoms with Crippen LogP contribution in [0.25, 0.3) is 0 Å². The molecule has 6 heteroatoms. The molecule has 0 atom stereocenters. The molecule has 4 nitrogen and oxygen atoms in total. The third-order valence-corrected chi connectivity index (χ3v) is 2.69. The van der Waals surface area contributed by atoms with Gasteiger partial charge in [0.05, 0.1) is 7.11 Å². The summed E-state index contributed by atoms with van der Waals surface area (Å²) < 4.78 is 10.8. The summed E-state index contributed by atoms with van der Waals surface area (Å²) >= 11 is 12.0. The van der Waals surface area contributed by atoms with E-state index in [2.05, 4.69) is 9.97 Å². The second-order valence-electron chi connectivity index (χ2n) is 3.43. The third kappa shape index (κ3) is 2.66. The molecule has 2 aromatic rings. The molecule has 0 radical (unpaired) electrons. The minimum Gasteiger partial charge on any atom is -0.493 e. The molecular weight excluding hydrogens is 275 g/mol. The van der Waals surface area contributed by atoms with E-state index in [0.29, 0.717) is 17.3 Å². The number of ether oxygens (including phenoxy) is 2. The zero-order valence-corrected chi connectivity index (χ0v) is 11.3. The molecule has 18 heavy (non-hydrogen) atoms. The second kappa shape index (κ2) is 5.42. The Hall–Kier alpha value is -1.52. The monoisotopic (exact) mass is 284 g/mol. The zero-order chi connectivity index (χ0) is 13.1. The lowest BCUT2D eigenvalue weighted by Gasteiger charge is -2.11. The smallest absolute Gasteiger partial charge is 0.202 e. The number of para-hydroxylation sites is 2. The Kier molecular flexibility index (Phi) is 3.89. The summed E-state index contributed by atoms with van der Waals surface area (Å²) in [6.45, 7) is 1.70. The highest BCUT2D eigenvalue weighted by molar-refractivity contribution is 6.35. The molecule has 0 N–H and O–H groups in total. The molecule has 0 unspecified atom stereocenters. The predicted octanol–water partition coefficient (Wildman–Crippen LogP) is 3.89. The third-order valence-electron chi connectivity index (χ3n) is 2.18. The quantitative estimate of drug-likeness (QED) is 0.802. The van der Waals surface area contributed by atoms with Crippen molar-refractivity contribution < 1.29 is 9.47 Å². The van der Waals surface area contributed by atoms with Crippen LogP contribution in [0, 0.1) is 6.92 Å². The van der Waals surface area contributed by atoms with Crippen LogP contribution in [-0.2, 0) is 0 Å². The molecule has 0 aliphatic rings. The molecule has 94 valence electrons. The molecule has 0 aliphatic carbocycles. The van der Waals surface area contributed by atoms with Crippen LogP contribution in [0.15, 0.2) is 24.3 Å². The van der Waals surface area contributed by atoms with Crippen LogP contribution in [0.2, 0.25) is 10.3 Å². The van der Waals surface area contributed by atoms with Gasteiger partial charge >= 0.3 is 0 Å². The summed E-state index contributed by atoms with van der Waals surface area (Å²) in [5.74, 6) is 1.77. The van der Waals surface area contributed by atoms with Crippen LogP contribution in [-0.4, -0.2) is 17.1 Å². The van der Waals surface area contributed by atoms with Crippen LogP contribution in [0.3, 0.4) is 0 Å². The molecule has 0 fully saturated rings. The largest absolute Gasteiger partial charge is 0.493 e. The van der Waals surface area contributed by atoms with Crippen molar-refractivity contribution in [3.8, 4) is 17.2 Å². The normalized spacial score (nSPS) is 10.2. The van der Waals surface area contributed by atoms with Gasteiger partial charge in [0.1, 0.15) is 5.82 Å². The van der Waals surface area contributed by atoms with Gasteiger partial charge in [-0.15, -0.1) is 0 Å². The highest BCUT2D eigenvalue weighted by Gasteiger charge is 2.14. The van der Waals surface area contributed by atoms with E-state index in [1.807, 2.05) is 12.1 Å². The Bertz CT molecular complexity index is 553. The van der Waals surface area contributed by atoms with Gasteiger partial charge in [0.15, 0.2) is 21.8 Å². The minimum absolute atomic E-state index is 0.165. The standard InChI is InChI=1S/C12H10Cl2N2O2/c1-7-15-11(13)10(12(14)16-7)18-9-6-4-3-5-8(9)17-2/h3-6H,1-2H3. The van der Waals surface area contributed by atoms with Gasteiger partial charge in [-0.05, 0) is 19.1 Å². The number of hydrogen-bond donors (Lipinski definition) is 0. The lowest BCUT2D eigenvalue weighted by atomic mass is 10.3. The summed E-state index contributed by atoms with van der Waals surface area (Å²) in [6.07, 6.45) is 0. The fourth-order valence-corrected chi connectivity index (χ4v) is 1.94. The highest BCUT2D eigenvalue weighted by Crippen LogP contribution is 2.37. The van der Waals surface area contributed by atoms with Gasteiger partial charge in [0.2, 0.25) is 5.75 Å². The van der Waals surface area contributed by atoms with Gasteiger partial charge in [-0.1, -0.05) is 35.3 Å². The SMILES string of the molecule is COc1ccccc1Oc1c(Cl)nc(C)nc1Cl. The number of halogens is 2. The van der Waals surface area contributed by atoms with Gasteiger partial charge in [-0.2, -0.15) is 0 Å². The molecular formula is C12H10Cl2N2O2. The van der Waals surface area contributed by atoms with Crippen molar-refractivity contribution in [3.63, 3.8) is 0 Å². The highest BCUT2D eigenvalue weighted by atomic mass is 35.5. The minimum atomic E-state index is 0.165. The van der Waals surface area contributed by atoms with E-state index in [0.717, 1.165) is 0 Å². The zero-order valence-electron chi connectivity index (χ0n) is 9.78. The van der Waals surface area contributed by atoms with E-state index >= 15 is 0 Å². The second-order valence-corrected chi connectivity index (χ2v) is 4.15. The van der Waals surface area contributed by atoms with Gasteiger partial charge in [-0.25, -0.2) is 9.97 Å². The summed E-state index contributed by atoms with van der Waals surface area (Å²) in [5.41, 5.74) is 0. The number of methoxy groups -OCH3 is 1. The summed E-state index contributed by atoms with van der Waals surface area (Å²) in [6, 6.07) is 7.16. The molecule has 1 heterocycles. The fraction of sp³-hybridized carbons (Fsp3) is 0.167. The first kappa shape index (κ1) is 12.9.